The first kappa shape index (κ1) is 16.2. The Morgan fingerprint density at radius 2 is 1.43 bits per heavy atom. The van der Waals surface area contributed by atoms with E-state index in [-0.39, 0.29) is 67.3 Å². The maximum Gasteiger partial charge on any atom is 2.00 e. The van der Waals surface area contributed by atoms with Crippen molar-refractivity contribution in [2.45, 2.75) is 0 Å². The summed E-state index contributed by atoms with van der Waals surface area (Å²) in [6.45, 7) is 0. The number of hydrogen-bond donors (Lipinski definition) is 0. The molecule has 0 saturated heterocycles. The predicted octanol–water partition coefficient (Wildman–Crippen LogP) is -4.59. The molecule has 0 amide bonds. The molecule has 0 heterocycles. The van der Waals surface area contributed by atoms with Gasteiger partial charge < -0.3 is 14.4 Å². The van der Waals surface area contributed by atoms with Crippen LogP contribution >= 0.6 is 7.91 Å². The molecule has 0 aromatic heterocycles. The minimum absolute atomic E-state index is 0. The van der Waals surface area contributed by atoms with E-state index < -0.39 is 7.91 Å². The van der Waals surface area contributed by atoms with E-state index in [4.69, 9.17) is 14.4 Å². The Bertz CT molecular complexity index is 61.1. The van der Waals surface area contributed by atoms with Crippen molar-refractivity contribution in [3.05, 3.63) is 0 Å². The Morgan fingerprint density at radius 1 is 1.43 bits per heavy atom. The maximum absolute atomic E-state index is 10.1. The van der Waals surface area contributed by atoms with Gasteiger partial charge in [-0.1, -0.05) is 0 Å². The van der Waals surface area contributed by atoms with Crippen LogP contribution in [0, 0.1) is 0 Å². The van der Waals surface area contributed by atoms with Gasteiger partial charge in [0.15, 0.2) is 0 Å². The molecular formula is CaFNaO3P+. The second kappa shape index (κ2) is 6.46. The molecule has 0 fully saturated rings. The quantitative estimate of drug-likeness (QED) is 0.265. The average molecular weight is 161 g/mol. The summed E-state index contributed by atoms with van der Waals surface area (Å²) in [6, 6.07) is 0. The molecule has 0 aliphatic carbocycles. The fourth-order valence-electron chi connectivity index (χ4n) is 0. The molecule has 0 aromatic carbocycles. The summed E-state index contributed by atoms with van der Waals surface area (Å²) in [4.78, 5) is 16.9. The van der Waals surface area contributed by atoms with Crippen molar-refractivity contribution in [2.75, 3.05) is 0 Å². The van der Waals surface area contributed by atoms with Crippen LogP contribution < -0.4 is 39.3 Å². The topological polar surface area (TPSA) is 63.2 Å². The SMILES string of the molecule is O=P([O-])([O-])F.[Ca+2].[Na+]. The zero-order valence-electron chi connectivity index (χ0n) is 3.76. The fourth-order valence-corrected chi connectivity index (χ4v) is 0. The molecule has 3 nitrogen and oxygen atoms in total. The van der Waals surface area contributed by atoms with E-state index in [0.717, 1.165) is 0 Å². The summed E-state index contributed by atoms with van der Waals surface area (Å²) < 4.78 is 18.6. The van der Waals surface area contributed by atoms with Crippen molar-refractivity contribution in [1.29, 1.82) is 0 Å². The van der Waals surface area contributed by atoms with Crippen molar-refractivity contribution in [2.24, 2.45) is 0 Å². The third-order valence-electron chi connectivity index (χ3n) is 0. The monoisotopic (exact) mass is 161 g/mol. The van der Waals surface area contributed by atoms with E-state index >= 15 is 0 Å². The molecule has 0 rings (SSSR count). The molecule has 0 aromatic rings. The van der Waals surface area contributed by atoms with Gasteiger partial charge in [0.1, 0.15) is 7.91 Å². The van der Waals surface area contributed by atoms with Crippen molar-refractivity contribution in [3.63, 3.8) is 0 Å². The van der Waals surface area contributed by atoms with Crippen LogP contribution in [0.2, 0.25) is 0 Å². The summed E-state index contributed by atoms with van der Waals surface area (Å²) >= 11 is 0. The molecule has 0 atom stereocenters. The number of hydrogen-bond acceptors (Lipinski definition) is 3. The van der Waals surface area contributed by atoms with Crippen LogP contribution in [0.15, 0.2) is 0 Å². The molecule has 32 valence electrons. The van der Waals surface area contributed by atoms with Crippen molar-refractivity contribution < 1.29 is 48.1 Å². The average Bonchev–Trinajstić information content (AvgIpc) is 0.722. The molecule has 7 heavy (non-hydrogen) atoms. The van der Waals surface area contributed by atoms with Gasteiger partial charge in [-0.25, -0.2) is 4.20 Å². The molecular weight excluding hydrogens is 161 g/mol. The van der Waals surface area contributed by atoms with Crippen LogP contribution in [0.5, 0.6) is 0 Å². The third-order valence-corrected chi connectivity index (χ3v) is 0. The van der Waals surface area contributed by atoms with E-state index in [1.165, 1.54) is 0 Å². The fraction of sp³-hybridized carbons (Fsp3) is 0. The van der Waals surface area contributed by atoms with Gasteiger partial charge >= 0.3 is 67.3 Å². The Labute approximate surface area is 92.2 Å². The minimum atomic E-state index is -5.64. The molecule has 0 unspecified atom stereocenters. The van der Waals surface area contributed by atoms with Crippen LogP contribution in [0.1, 0.15) is 0 Å². The molecule has 0 aliphatic heterocycles. The number of rotatable bonds is 0. The van der Waals surface area contributed by atoms with Crippen molar-refractivity contribution in [3.8, 4) is 0 Å². The Morgan fingerprint density at radius 3 is 1.43 bits per heavy atom. The molecule has 0 radical (unpaired) electrons. The molecule has 7 heteroatoms. The van der Waals surface area contributed by atoms with Gasteiger partial charge in [-0.2, -0.15) is 0 Å². The first-order chi connectivity index (χ1) is 2.00. The predicted molar refractivity (Wildman–Crippen MR) is 14.5 cm³/mol. The van der Waals surface area contributed by atoms with Gasteiger partial charge in [0.05, 0.1) is 0 Å². The standard InChI is InChI=1S/Ca.FH2O3P.Na/c;1-5(2,3)4;/h;(H2,2,3,4);/q+2;;+1/p-2. The summed E-state index contributed by atoms with van der Waals surface area (Å²) in [5, 5.41) is 0. The Hall–Kier alpha value is 2.34. The maximum atomic E-state index is 10.1. The zero-order valence-corrected chi connectivity index (χ0v) is 8.86. The molecule has 0 bridgehead atoms. The summed E-state index contributed by atoms with van der Waals surface area (Å²) in [7, 11) is -5.64. The zero-order chi connectivity index (χ0) is 4.50. The van der Waals surface area contributed by atoms with Gasteiger partial charge in [0.25, 0.3) is 0 Å². The largest absolute Gasteiger partial charge is 2.00 e. The molecule has 0 spiro atoms. The molecule has 0 N–H and O–H groups in total. The third kappa shape index (κ3) is 61.2. The number of halogens is 1. The first-order valence-corrected chi connectivity index (χ1v) is 2.15. The second-order valence-corrected chi connectivity index (χ2v) is 1.29. The van der Waals surface area contributed by atoms with Crippen molar-refractivity contribution >= 4 is 45.6 Å². The van der Waals surface area contributed by atoms with Gasteiger partial charge in [-0.05, 0) is 0 Å². The molecule has 0 saturated carbocycles. The summed E-state index contributed by atoms with van der Waals surface area (Å²) in [6.07, 6.45) is 0. The van der Waals surface area contributed by atoms with Gasteiger partial charge in [-0.15, -0.1) is 0 Å². The molecule has 0 aliphatic rings. The normalized spacial score (nSPS) is 8.43. The summed E-state index contributed by atoms with van der Waals surface area (Å²) in [5.74, 6) is 0. The van der Waals surface area contributed by atoms with Gasteiger partial charge in [0, 0.05) is 0 Å². The Balaban J connectivity index is -0.0000000800. The van der Waals surface area contributed by atoms with Gasteiger partial charge in [-0.3, -0.25) is 0 Å². The Kier molecular flexibility index (Phi) is 14.9. The minimum Gasteiger partial charge on any atom is -0.786 e. The second-order valence-electron chi connectivity index (χ2n) is 0.431. The van der Waals surface area contributed by atoms with E-state index in [1.54, 1.807) is 0 Å². The first-order valence-electron chi connectivity index (χ1n) is 0.717. The van der Waals surface area contributed by atoms with Crippen molar-refractivity contribution in [1.82, 2.24) is 0 Å². The van der Waals surface area contributed by atoms with Crippen LogP contribution in [0.3, 0.4) is 0 Å². The van der Waals surface area contributed by atoms with E-state index in [1.807, 2.05) is 0 Å². The van der Waals surface area contributed by atoms with E-state index in [9.17, 15) is 4.20 Å². The van der Waals surface area contributed by atoms with Crippen LogP contribution in [-0.2, 0) is 4.57 Å². The smallest absolute Gasteiger partial charge is 0.786 e. The van der Waals surface area contributed by atoms with E-state index in [0.29, 0.717) is 0 Å². The van der Waals surface area contributed by atoms with E-state index in [2.05, 4.69) is 0 Å². The van der Waals surface area contributed by atoms with Gasteiger partial charge in [0.2, 0.25) is 0 Å². The van der Waals surface area contributed by atoms with Crippen LogP contribution in [0.25, 0.3) is 0 Å². The van der Waals surface area contributed by atoms with Crippen LogP contribution in [0.4, 0.5) is 4.20 Å². The van der Waals surface area contributed by atoms with Crippen LogP contribution in [-0.4, -0.2) is 37.7 Å². The summed E-state index contributed by atoms with van der Waals surface area (Å²) in [5.41, 5.74) is 0.